The first-order chi connectivity index (χ1) is 10.1. The molecule has 0 radical (unpaired) electrons. The van der Waals surface area contributed by atoms with Crippen LogP contribution in [-0.4, -0.2) is 54.7 Å². The number of benzene rings is 1. The minimum absolute atomic E-state index is 0.139. The molecule has 0 aromatic heterocycles. The number of ether oxygens (including phenoxy) is 1. The zero-order chi connectivity index (χ0) is 15.2. The van der Waals surface area contributed by atoms with Crippen molar-refractivity contribution in [1.29, 1.82) is 0 Å². The molecule has 114 valence electrons. The maximum absolute atomic E-state index is 12.1. The van der Waals surface area contributed by atoms with E-state index in [2.05, 4.69) is 27.9 Å². The first kappa shape index (κ1) is 15.9. The second kappa shape index (κ2) is 7.48. The van der Waals surface area contributed by atoms with Crippen LogP contribution in [0.1, 0.15) is 6.92 Å². The molecule has 21 heavy (non-hydrogen) atoms. The van der Waals surface area contributed by atoms with Gasteiger partial charge in [-0.25, -0.2) is 9.59 Å². The molecule has 1 aliphatic rings. The highest BCUT2D eigenvalue weighted by Gasteiger charge is 2.24. The minimum atomic E-state index is -0.310. The van der Waals surface area contributed by atoms with Gasteiger partial charge in [-0.2, -0.15) is 0 Å². The monoisotopic (exact) mass is 403 g/mol. The van der Waals surface area contributed by atoms with E-state index < -0.39 is 0 Å². The molecule has 0 atom stereocenters. The maximum atomic E-state index is 12.1. The molecule has 3 amide bonds. The maximum Gasteiger partial charge on any atom is 0.409 e. The Morgan fingerprint density at radius 3 is 2.29 bits per heavy atom. The van der Waals surface area contributed by atoms with Crippen molar-refractivity contribution in [2.45, 2.75) is 6.92 Å². The van der Waals surface area contributed by atoms with Crippen molar-refractivity contribution >= 4 is 40.4 Å². The number of hydrogen-bond acceptors (Lipinski definition) is 3. The number of nitrogens with zero attached hydrogens (tertiary/aromatic N) is 2. The van der Waals surface area contributed by atoms with Gasteiger partial charge in [-0.15, -0.1) is 0 Å². The Balaban J connectivity index is 1.83. The summed E-state index contributed by atoms with van der Waals surface area (Å²) in [5.41, 5.74) is 0.772. The SMILES string of the molecule is CCOC(=O)N1CCN(C(=O)Nc2ccc(I)cc2)CC1. The number of carbonyl (C=O) groups excluding carboxylic acids is 2. The van der Waals surface area contributed by atoms with Crippen LogP contribution in [0.5, 0.6) is 0 Å². The van der Waals surface area contributed by atoms with Crippen LogP contribution < -0.4 is 5.32 Å². The van der Waals surface area contributed by atoms with E-state index >= 15 is 0 Å². The summed E-state index contributed by atoms with van der Waals surface area (Å²) in [6.45, 7) is 4.16. The van der Waals surface area contributed by atoms with Crippen LogP contribution in [0.15, 0.2) is 24.3 Å². The first-order valence-electron chi connectivity index (χ1n) is 6.83. The van der Waals surface area contributed by atoms with Gasteiger partial charge in [0, 0.05) is 35.4 Å². The van der Waals surface area contributed by atoms with Gasteiger partial charge in [0.2, 0.25) is 0 Å². The number of nitrogens with one attached hydrogen (secondary N) is 1. The van der Waals surface area contributed by atoms with Crippen LogP contribution in [0.2, 0.25) is 0 Å². The average molecular weight is 403 g/mol. The van der Waals surface area contributed by atoms with E-state index in [1.807, 2.05) is 24.3 Å². The van der Waals surface area contributed by atoms with Gasteiger partial charge >= 0.3 is 12.1 Å². The summed E-state index contributed by atoms with van der Waals surface area (Å²) in [7, 11) is 0. The Labute approximate surface area is 137 Å². The number of amides is 3. The largest absolute Gasteiger partial charge is 0.450 e. The zero-order valence-corrected chi connectivity index (χ0v) is 14.0. The molecule has 2 rings (SSSR count). The summed E-state index contributed by atoms with van der Waals surface area (Å²) in [6.07, 6.45) is -0.310. The number of carbonyl (C=O) groups is 2. The lowest BCUT2D eigenvalue weighted by Crippen LogP contribution is -2.51. The lowest BCUT2D eigenvalue weighted by Gasteiger charge is -2.33. The molecule has 0 bridgehead atoms. The van der Waals surface area contributed by atoms with Crippen molar-refractivity contribution in [3.05, 3.63) is 27.8 Å². The highest BCUT2D eigenvalue weighted by molar-refractivity contribution is 14.1. The Morgan fingerprint density at radius 2 is 1.71 bits per heavy atom. The van der Waals surface area contributed by atoms with Gasteiger partial charge in [0.05, 0.1) is 6.61 Å². The van der Waals surface area contributed by atoms with Crippen molar-refractivity contribution in [3.8, 4) is 0 Å². The van der Waals surface area contributed by atoms with Crippen LogP contribution >= 0.6 is 22.6 Å². The smallest absolute Gasteiger partial charge is 0.409 e. The Hall–Kier alpha value is -1.51. The number of piperazine rings is 1. The lowest BCUT2D eigenvalue weighted by atomic mass is 10.3. The predicted octanol–water partition coefficient (Wildman–Crippen LogP) is 2.60. The molecule has 1 aromatic rings. The molecule has 1 aromatic carbocycles. The van der Waals surface area contributed by atoms with Gasteiger partial charge in [-0.1, -0.05) is 0 Å². The molecule has 1 N–H and O–H groups in total. The Morgan fingerprint density at radius 1 is 1.14 bits per heavy atom. The fraction of sp³-hybridized carbons (Fsp3) is 0.429. The standard InChI is InChI=1S/C14H18IN3O3/c1-2-21-14(20)18-9-7-17(8-10-18)13(19)16-12-5-3-11(15)4-6-12/h3-6H,2,7-10H2,1H3,(H,16,19). The van der Waals surface area contributed by atoms with Gasteiger partial charge in [-0.3, -0.25) is 0 Å². The number of hydrogen-bond donors (Lipinski definition) is 1. The van der Waals surface area contributed by atoms with Gasteiger partial charge in [0.1, 0.15) is 0 Å². The van der Waals surface area contributed by atoms with Crippen LogP contribution in [0.3, 0.4) is 0 Å². The quantitative estimate of drug-likeness (QED) is 0.773. The van der Waals surface area contributed by atoms with Crippen LogP contribution in [0.4, 0.5) is 15.3 Å². The van der Waals surface area contributed by atoms with E-state index in [0.29, 0.717) is 32.8 Å². The molecule has 0 saturated carbocycles. The van der Waals surface area contributed by atoms with Crippen LogP contribution in [0, 0.1) is 3.57 Å². The van der Waals surface area contributed by atoms with Crippen LogP contribution in [-0.2, 0) is 4.74 Å². The predicted molar refractivity (Wildman–Crippen MR) is 88.3 cm³/mol. The van der Waals surface area contributed by atoms with Gasteiger partial charge in [-0.05, 0) is 53.8 Å². The third-order valence-electron chi connectivity index (χ3n) is 3.19. The molecule has 6 nitrogen and oxygen atoms in total. The molecule has 1 saturated heterocycles. The molecule has 7 heteroatoms. The molecular weight excluding hydrogens is 385 g/mol. The summed E-state index contributed by atoms with van der Waals surface area (Å²) >= 11 is 2.22. The molecule has 0 spiro atoms. The van der Waals surface area contributed by atoms with E-state index in [1.54, 1.807) is 16.7 Å². The van der Waals surface area contributed by atoms with Crippen molar-refractivity contribution in [1.82, 2.24) is 9.80 Å². The van der Waals surface area contributed by atoms with Gasteiger partial charge < -0.3 is 19.9 Å². The molecular formula is C14H18IN3O3. The second-order valence-electron chi connectivity index (χ2n) is 4.61. The average Bonchev–Trinajstić information content (AvgIpc) is 2.50. The minimum Gasteiger partial charge on any atom is -0.450 e. The number of halogens is 1. The lowest BCUT2D eigenvalue weighted by molar-refractivity contribution is 0.0868. The van der Waals surface area contributed by atoms with E-state index in [-0.39, 0.29) is 12.1 Å². The highest BCUT2D eigenvalue weighted by Crippen LogP contribution is 2.12. The van der Waals surface area contributed by atoms with E-state index in [4.69, 9.17) is 4.74 Å². The highest BCUT2D eigenvalue weighted by atomic mass is 127. The molecule has 1 fully saturated rings. The zero-order valence-electron chi connectivity index (χ0n) is 11.8. The third-order valence-corrected chi connectivity index (χ3v) is 3.91. The van der Waals surface area contributed by atoms with E-state index in [9.17, 15) is 9.59 Å². The van der Waals surface area contributed by atoms with Crippen LogP contribution in [0.25, 0.3) is 0 Å². The Bertz CT molecular complexity index is 499. The van der Waals surface area contributed by atoms with Gasteiger partial charge in [0.15, 0.2) is 0 Å². The third kappa shape index (κ3) is 4.48. The fourth-order valence-corrected chi connectivity index (χ4v) is 2.40. The normalized spacial score (nSPS) is 14.8. The molecule has 1 aliphatic heterocycles. The number of urea groups is 1. The summed E-state index contributed by atoms with van der Waals surface area (Å²) in [5, 5.41) is 2.86. The van der Waals surface area contributed by atoms with Crippen molar-refractivity contribution < 1.29 is 14.3 Å². The van der Waals surface area contributed by atoms with Gasteiger partial charge in [0.25, 0.3) is 0 Å². The van der Waals surface area contributed by atoms with Crippen molar-refractivity contribution in [3.63, 3.8) is 0 Å². The first-order valence-corrected chi connectivity index (χ1v) is 7.91. The van der Waals surface area contributed by atoms with E-state index in [1.165, 1.54) is 0 Å². The molecule has 1 heterocycles. The Kier molecular flexibility index (Phi) is 5.66. The van der Waals surface area contributed by atoms with Crippen molar-refractivity contribution in [2.75, 3.05) is 38.1 Å². The molecule has 0 aliphatic carbocycles. The summed E-state index contributed by atoms with van der Waals surface area (Å²) in [6, 6.07) is 7.48. The van der Waals surface area contributed by atoms with E-state index in [0.717, 1.165) is 9.26 Å². The second-order valence-corrected chi connectivity index (χ2v) is 5.86. The summed E-state index contributed by atoms with van der Waals surface area (Å²) < 4.78 is 6.07. The molecule has 0 unspecified atom stereocenters. The number of anilines is 1. The van der Waals surface area contributed by atoms with Crippen molar-refractivity contribution in [2.24, 2.45) is 0 Å². The fourth-order valence-electron chi connectivity index (χ4n) is 2.04. The summed E-state index contributed by atoms with van der Waals surface area (Å²) in [4.78, 5) is 27.0. The topological polar surface area (TPSA) is 61.9 Å². The number of rotatable bonds is 2. The summed E-state index contributed by atoms with van der Waals surface area (Å²) in [5.74, 6) is 0.